The van der Waals surface area contributed by atoms with Crippen molar-refractivity contribution in [3.63, 3.8) is 0 Å². The van der Waals surface area contributed by atoms with Crippen molar-refractivity contribution in [2.45, 2.75) is 17.9 Å². The van der Waals surface area contributed by atoms with Gasteiger partial charge in [0.25, 0.3) is 5.91 Å². The molecule has 1 atom stereocenters. The quantitative estimate of drug-likeness (QED) is 0.642. The summed E-state index contributed by atoms with van der Waals surface area (Å²) in [6.45, 7) is 2.08. The van der Waals surface area contributed by atoms with Crippen molar-refractivity contribution in [1.29, 1.82) is 0 Å². The Kier molecular flexibility index (Phi) is 4.70. The van der Waals surface area contributed by atoms with Crippen LogP contribution < -0.4 is 9.64 Å². The Balaban J connectivity index is 1.69. The number of rotatable bonds is 3. The number of fused-ring (bicyclic) bond motifs is 1. The van der Waals surface area contributed by atoms with Gasteiger partial charge in [0.1, 0.15) is 16.5 Å². The van der Waals surface area contributed by atoms with E-state index in [1.54, 1.807) is 18.9 Å². The Morgan fingerprint density at radius 3 is 2.81 bits per heavy atom. The molecule has 0 fully saturated rings. The van der Waals surface area contributed by atoms with Gasteiger partial charge in [-0.3, -0.25) is 4.79 Å². The summed E-state index contributed by atoms with van der Waals surface area (Å²) in [5, 5.41) is 2.62. The van der Waals surface area contributed by atoms with Crippen molar-refractivity contribution >= 4 is 34.7 Å². The lowest BCUT2D eigenvalue weighted by Gasteiger charge is -2.34. The zero-order valence-electron chi connectivity index (χ0n) is 14.5. The van der Waals surface area contributed by atoms with Gasteiger partial charge < -0.3 is 9.64 Å². The number of ether oxygens (including phenoxy) is 1. The summed E-state index contributed by atoms with van der Waals surface area (Å²) in [5.74, 6) is 1.59. The fraction of sp³-hybridized carbons (Fsp3) is 0.200. The molecule has 0 aliphatic carbocycles. The number of thioether (sulfide) groups is 1. The predicted octanol–water partition coefficient (Wildman–Crippen LogP) is 4.96. The zero-order valence-corrected chi connectivity index (χ0v) is 16.1. The van der Waals surface area contributed by atoms with Gasteiger partial charge in [0, 0.05) is 22.1 Å². The summed E-state index contributed by atoms with van der Waals surface area (Å²) in [4.78, 5) is 20.8. The minimum atomic E-state index is -0.0531. The SMILES string of the molecule is COc1ccccc1-c1nc(C(=O)N2c3ccccc3SC[C@@H]2C)cs1. The van der Waals surface area contributed by atoms with Gasteiger partial charge in [-0.05, 0) is 31.2 Å². The molecule has 0 saturated heterocycles. The number of hydrogen-bond donors (Lipinski definition) is 0. The van der Waals surface area contributed by atoms with E-state index in [-0.39, 0.29) is 11.9 Å². The molecule has 0 radical (unpaired) electrons. The van der Waals surface area contributed by atoms with Gasteiger partial charge in [0.05, 0.1) is 18.4 Å². The molecule has 0 unspecified atom stereocenters. The molecule has 1 amide bonds. The largest absolute Gasteiger partial charge is 0.496 e. The third kappa shape index (κ3) is 2.99. The lowest BCUT2D eigenvalue weighted by molar-refractivity contribution is 0.0975. The molecule has 4 rings (SSSR count). The van der Waals surface area contributed by atoms with Crippen LogP contribution in [0.15, 0.2) is 58.8 Å². The van der Waals surface area contributed by atoms with E-state index in [1.165, 1.54) is 11.3 Å². The molecule has 2 heterocycles. The molecule has 3 aromatic rings. The molecule has 1 aliphatic heterocycles. The van der Waals surface area contributed by atoms with Crippen LogP contribution in [0.1, 0.15) is 17.4 Å². The Morgan fingerprint density at radius 2 is 1.96 bits per heavy atom. The third-order valence-electron chi connectivity index (χ3n) is 4.33. The van der Waals surface area contributed by atoms with Crippen molar-refractivity contribution in [2.75, 3.05) is 17.8 Å². The maximum atomic E-state index is 13.2. The van der Waals surface area contributed by atoms with Crippen LogP contribution in [0.3, 0.4) is 0 Å². The average Bonchev–Trinajstić information content (AvgIpc) is 3.17. The molecule has 26 heavy (non-hydrogen) atoms. The molecule has 6 heteroatoms. The number of para-hydroxylation sites is 2. The number of thiazole rings is 1. The van der Waals surface area contributed by atoms with E-state index < -0.39 is 0 Å². The van der Waals surface area contributed by atoms with E-state index in [4.69, 9.17) is 4.74 Å². The number of benzene rings is 2. The molecule has 4 nitrogen and oxygen atoms in total. The highest BCUT2D eigenvalue weighted by Crippen LogP contribution is 2.38. The summed E-state index contributed by atoms with van der Waals surface area (Å²) in [6, 6.07) is 15.9. The predicted molar refractivity (Wildman–Crippen MR) is 108 cm³/mol. The minimum Gasteiger partial charge on any atom is -0.496 e. The van der Waals surface area contributed by atoms with E-state index >= 15 is 0 Å². The van der Waals surface area contributed by atoms with Gasteiger partial charge in [-0.2, -0.15) is 0 Å². The molecule has 1 aromatic heterocycles. The van der Waals surface area contributed by atoms with E-state index in [9.17, 15) is 4.79 Å². The number of nitrogens with zero attached hydrogens (tertiary/aromatic N) is 2. The number of methoxy groups -OCH3 is 1. The molecule has 0 spiro atoms. The van der Waals surface area contributed by atoms with Crippen molar-refractivity contribution in [3.8, 4) is 16.3 Å². The minimum absolute atomic E-state index is 0.0531. The average molecular weight is 383 g/mol. The van der Waals surface area contributed by atoms with Crippen LogP contribution in [-0.4, -0.2) is 29.8 Å². The van der Waals surface area contributed by atoms with Gasteiger partial charge in [0.15, 0.2) is 0 Å². The molecular weight excluding hydrogens is 364 g/mol. The van der Waals surface area contributed by atoms with Crippen LogP contribution in [0.2, 0.25) is 0 Å². The number of carbonyl (C=O) groups is 1. The standard InChI is InChI=1S/C20H18N2O2S2/c1-13-11-25-18-10-6-4-8-16(18)22(13)20(23)15-12-26-19(21-15)14-7-3-5-9-17(14)24-2/h3-10,12-13H,11H2,1-2H3/t13-/m0/s1. The van der Waals surface area contributed by atoms with Gasteiger partial charge in [-0.1, -0.05) is 24.3 Å². The number of carbonyl (C=O) groups excluding carboxylic acids is 1. The van der Waals surface area contributed by atoms with E-state index in [2.05, 4.69) is 18.0 Å². The van der Waals surface area contributed by atoms with E-state index in [0.29, 0.717) is 5.69 Å². The summed E-state index contributed by atoms with van der Waals surface area (Å²) < 4.78 is 5.42. The first kappa shape index (κ1) is 17.1. The van der Waals surface area contributed by atoms with Crippen LogP contribution in [0.4, 0.5) is 5.69 Å². The highest BCUT2D eigenvalue weighted by atomic mass is 32.2. The van der Waals surface area contributed by atoms with Crippen molar-refractivity contribution < 1.29 is 9.53 Å². The van der Waals surface area contributed by atoms with Crippen molar-refractivity contribution in [1.82, 2.24) is 4.98 Å². The first-order chi connectivity index (χ1) is 12.7. The highest BCUT2D eigenvalue weighted by Gasteiger charge is 2.30. The van der Waals surface area contributed by atoms with Crippen LogP contribution in [-0.2, 0) is 0 Å². The number of amides is 1. The molecule has 2 aromatic carbocycles. The Hall–Kier alpha value is -2.31. The second-order valence-corrected chi connectivity index (χ2v) is 7.96. The monoisotopic (exact) mass is 382 g/mol. The molecular formula is C20H18N2O2S2. The Bertz CT molecular complexity index is 954. The summed E-state index contributed by atoms with van der Waals surface area (Å²) in [6.07, 6.45) is 0. The van der Waals surface area contributed by atoms with Crippen molar-refractivity contribution in [2.24, 2.45) is 0 Å². The van der Waals surface area contributed by atoms with Crippen LogP contribution >= 0.6 is 23.1 Å². The first-order valence-electron chi connectivity index (χ1n) is 8.33. The second kappa shape index (κ2) is 7.13. The zero-order chi connectivity index (χ0) is 18.1. The highest BCUT2D eigenvalue weighted by molar-refractivity contribution is 7.99. The summed E-state index contributed by atoms with van der Waals surface area (Å²) >= 11 is 3.26. The lowest BCUT2D eigenvalue weighted by Crippen LogP contribution is -2.42. The van der Waals surface area contributed by atoms with Crippen molar-refractivity contribution in [3.05, 3.63) is 59.6 Å². The fourth-order valence-corrected chi connectivity index (χ4v) is 4.93. The van der Waals surface area contributed by atoms with Crippen LogP contribution in [0.5, 0.6) is 5.75 Å². The van der Waals surface area contributed by atoms with Crippen LogP contribution in [0.25, 0.3) is 10.6 Å². The molecule has 0 saturated carbocycles. The number of hydrogen-bond acceptors (Lipinski definition) is 5. The topological polar surface area (TPSA) is 42.4 Å². The van der Waals surface area contributed by atoms with Gasteiger partial charge in [0.2, 0.25) is 0 Å². The molecule has 132 valence electrons. The Labute approximate surface area is 160 Å². The fourth-order valence-electron chi connectivity index (χ4n) is 3.05. The molecule has 1 aliphatic rings. The number of anilines is 1. The molecule has 0 bridgehead atoms. The second-order valence-electron chi connectivity index (χ2n) is 6.04. The van der Waals surface area contributed by atoms with Gasteiger partial charge >= 0.3 is 0 Å². The van der Waals surface area contributed by atoms with Crippen LogP contribution in [0, 0.1) is 0 Å². The maximum absolute atomic E-state index is 13.2. The third-order valence-corrected chi connectivity index (χ3v) is 6.51. The summed E-state index contributed by atoms with van der Waals surface area (Å²) in [7, 11) is 1.64. The van der Waals surface area contributed by atoms with Gasteiger partial charge in [-0.25, -0.2) is 4.98 Å². The molecule has 0 N–H and O–H groups in total. The normalized spacial score (nSPS) is 16.2. The van der Waals surface area contributed by atoms with E-state index in [1.807, 2.05) is 52.7 Å². The first-order valence-corrected chi connectivity index (χ1v) is 10.2. The lowest BCUT2D eigenvalue weighted by atomic mass is 10.2. The van der Waals surface area contributed by atoms with E-state index in [0.717, 1.165) is 32.7 Å². The smallest absolute Gasteiger partial charge is 0.278 e. The van der Waals surface area contributed by atoms with Gasteiger partial charge in [-0.15, -0.1) is 23.1 Å². The number of aromatic nitrogens is 1. The maximum Gasteiger partial charge on any atom is 0.278 e. The summed E-state index contributed by atoms with van der Waals surface area (Å²) in [5.41, 5.74) is 2.35. The Morgan fingerprint density at radius 1 is 1.19 bits per heavy atom.